The van der Waals surface area contributed by atoms with Crippen LogP contribution in [0.25, 0.3) is 22.4 Å². The molecular weight excluding hydrogens is 406 g/mol. The van der Waals surface area contributed by atoms with Crippen LogP contribution in [0.4, 0.5) is 5.69 Å². The fourth-order valence-electron chi connectivity index (χ4n) is 2.25. The third kappa shape index (κ3) is 3.39. The van der Waals surface area contributed by atoms with Crippen LogP contribution in [0.3, 0.4) is 0 Å². The number of carbonyl (C=O) groups is 1. The van der Waals surface area contributed by atoms with E-state index in [2.05, 4.69) is 45.4 Å². The molecule has 10 heteroatoms. The highest BCUT2D eigenvalue weighted by molar-refractivity contribution is 9.10. The summed E-state index contributed by atoms with van der Waals surface area (Å²) in [5.41, 5.74) is 2.86. The van der Waals surface area contributed by atoms with Crippen LogP contribution in [0, 0.1) is 0 Å². The molecular formula is C15H10BrN7OS. The summed E-state index contributed by atoms with van der Waals surface area (Å²) in [5.74, 6) is 0.200. The zero-order valence-corrected chi connectivity index (χ0v) is 15.0. The highest BCUT2D eigenvalue weighted by atomic mass is 79.9. The van der Waals surface area contributed by atoms with Crippen molar-refractivity contribution in [1.29, 1.82) is 0 Å². The maximum atomic E-state index is 12.2. The number of fused-ring (bicyclic) bond motifs is 1. The summed E-state index contributed by atoms with van der Waals surface area (Å²) >= 11 is 4.48. The number of hydrogen-bond acceptors (Lipinski definition) is 7. The number of amides is 1. The van der Waals surface area contributed by atoms with Gasteiger partial charge in [-0.3, -0.25) is 4.79 Å². The number of nitrogens with zero attached hydrogens (tertiary/aromatic N) is 6. The van der Waals surface area contributed by atoms with Crippen molar-refractivity contribution in [3.05, 3.63) is 46.9 Å². The molecule has 0 saturated heterocycles. The van der Waals surface area contributed by atoms with Gasteiger partial charge in [0.15, 0.2) is 0 Å². The van der Waals surface area contributed by atoms with Crippen LogP contribution in [-0.4, -0.2) is 34.9 Å². The van der Waals surface area contributed by atoms with Crippen LogP contribution in [0.1, 0.15) is 0 Å². The maximum Gasteiger partial charge on any atom is 0.248 e. The topological polar surface area (TPSA) is 98.5 Å². The van der Waals surface area contributed by atoms with Gasteiger partial charge in [-0.2, -0.15) is 13.5 Å². The third-order valence-electron chi connectivity index (χ3n) is 3.40. The average molecular weight is 416 g/mol. The van der Waals surface area contributed by atoms with Crippen molar-refractivity contribution in [2.75, 3.05) is 5.32 Å². The molecule has 8 nitrogen and oxygen atoms in total. The van der Waals surface area contributed by atoms with Crippen molar-refractivity contribution < 1.29 is 4.79 Å². The minimum Gasteiger partial charge on any atom is -0.322 e. The number of halogens is 1. The highest BCUT2D eigenvalue weighted by Crippen LogP contribution is 2.21. The molecule has 2 heterocycles. The Morgan fingerprint density at radius 1 is 1.16 bits per heavy atom. The summed E-state index contributed by atoms with van der Waals surface area (Å²) in [6.45, 7) is -0.0442. The SMILES string of the molecule is O=C(Cn1nnc(-c2ccc(Br)cc2)n1)Nc1cccc2nsnc12. The number of tetrazole rings is 1. The fourth-order valence-corrected chi connectivity index (χ4v) is 3.06. The van der Waals surface area contributed by atoms with Gasteiger partial charge in [0.1, 0.15) is 17.6 Å². The Balaban J connectivity index is 1.48. The lowest BCUT2D eigenvalue weighted by atomic mass is 10.2. The Kier molecular flexibility index (Phi) is 4.20. The zero-order chi connectivity index (χ0) is 17.2. The summed E-state index contributed by atoms with van der Waals surface area (Å²) in [6.07, 6.45) is 0. The first-order valence-electron chi connectivity index (χ1n) is 7.24. The summed E-state index contributed by atoms with van der Waals surface area (Å²) < 4.78 is 9.31. The number of hydrogen-bond donors (Lipinski definition) is 1. The van der Waals surface area contributed by atoms with E-state index in [-0.39, 0.29) is 12.5 Å². The lowest BCUT2D eigenvalue weighted by Gasteiger charge is -2.04. The molecule has 124 valence electrons. The number of carbonyl (C=O) groups excluding carboxylic acids is 1. The lowest BCUT2D eigenvalue weighted by Crippen LogP contribution is -2.20. The Labute approximate surface area is 154 Å². The van der Waals surface area contributed by atoms with Gasteiger partial charge in [-0.25, -0.2) is 0 Å². The molecule has 0 fully saturated rings. The summed E-state index contributed by atoms with van der Waals surface area (Å²) in [7, 11) is 0. The predicted molar refractivity (Wildman–Crippen MR) is 97.0 cm³/mol. The molecule has 0 saturated carbocycles. The van der Waals surface area contributed by atoms with Crippen molar-refractivity contribution in [2.24, 2.45) is 0 Å². The molecule has 0 aliphatic carbocycles. The van der Waals surface area contributed by atoms with Crippen molar-refractivity contribution in [3.63, 3.8) is 0 Å². The number of nitrogens with one attached hydrogen (secondary N) is 1. The number of rotatable bonds is 4. The van der Waals surface area contributed by atoms with E-state index < -0.39 is 0 Å². The van der Waals surface area contributed by atoms with Gasteiger partial charge in [0.25, 0.3) is 0 Å². The molecule has 0 atom stereocenters. The quantitative estimate of drug-likeness (QED) is 0.550. The van der Waals surface area contributed by atoms with E-state index >= 15 is 0 Å². The second kappa shape index (κ2) is 6.65. The Bertz CT molecular complexity index is 1040. The van der Waals surface area contributed by atoms with Gasteiger partial charge in [0.05, 0.1) is 17.4 Å². The van der Waals surface area contributed by atoms with Crippen molar-refractivity contribution >= 4 is 50.3 Å². The lowest BCUT2D eigenvalue weighted by molar-refractivity contribution is -0.117. The van der Waals surface area contributed by atoms with E-state index in [0.717, 1.165) is 27.3 Å². The molecule has 1 amide bonds. The van der Waals surface area contributed by atoms with Crippen LogP contribution in [0.5, 0.6) is 0 Å². The molecule has 4 aromatic rings. The van der Waals surface area contributed by atoms with E-state index in [9.17, 15) is 4.79 Å². The van der Waals surface area contributed by atoms with Gasteiger partial charge in [0.2, 0.25) is 11.7 Å². The van der Waals surface area contributed by atoms with E-state index in [0.29, 0.717) is 17.0 Å². The molecule has 0 bridgehead atoms. The fraction of sp³-hybridized carbons (Fsp3) is 0.0667. The minimum atomic E-state index is -0.264. The molecule has 0 aliphatic rings. The molecule has 0 unspecified atom stereocenters. The Morgan fingerprint density at radius 3 is 2.84 bits per heavy atom. The van der Waals surface area contributed by atoms with Crippen molar-refractivity contribution in [3.8, 4) is 11.4 Å². The van der Waals surface area contributed by atoms with E-state index in [1.807, 2.05) is 36.4 Å². The molecule has 25 heavy (non-hydrogen) atoms. The maximum absolute atomic E-state index is 12.2. The molecule has 2 aromatic heterocycles. The molecule has 0 radical (unpaired) electrons. The zero-order valence-electron chi connectivity index (χ0n) is 12.6. The Morgan fingerprint density at radius 2 is 2.00 bits per heavy atom. The van der Waals surface area contributed by atoms with Gasteiger partial charge in [-0.05, 0) is 41.6 Å². The minimum absolute atomic E-state index is 0.0442. The molecule has 1 N–H and O–H groups in total. The van der Waals surface area contributed by atoms with Gasteiger partial charge >= 0.3 is 0 Å². The normalized spacial score (nSPS) is 10.9. The first-order chi connectivity index (χ1) is 12.2. The average Bonchev–Trinajstić information content (AvgIpc) is 3.25. The van der Waals surface area contributed by atoms with Gasteiger partial charge in [-0.1, -0.05) is 22.0 Å². The van der Waals surface area contributed by atoms with E-state index in [1.165, 1.54) is 4.80 Å². The van der Waals surface area contributed by atoms with Crippen molar-refractivity contribution in [1.82, 2.24) is 29.0 Å². The van der Waals surface area contributed by atoms with E-state index in [4.69, 9.17) is 0 Å². The van der Waals surface area contributed by atoms with Gasteiger partial charge in [-0.15, -0.1) is 10.2 Å². The third-order valence-corrected chi connectivity index (χ3v) is 4.47. The van der Waals surface area contributed by atoms with Crippen molar-refractivity contribution in [2.45, 2.75) is 6.54 Å². The first kappa shape index (κ1) is 15.8. The Hall–Kier alpha value is -2.72. The number of anilines is 1. The van der Waals surface area contributed by atoms with Crippen LogP contribution < -0.4 is 5.32 Å². The standard InChI is InChI=1S/C15H10BrN7OS/c16-10-6-4-9(5-7-10)15-18-22-23(19-15)8-13(24)17-11-2-1-3-12-14(11)21-25-20-12/h1-7H,8H2,(H,17,24). The van der Waals surface area contributed by atoms with E-state index in [1.54, 1.807) is 6.07 Å². The highest BCUT2D eigenvalue weighted by Gasteiger charge is 2.12. The molecule has 4 rings (SSSR count). The predicted octanol–water partition coefficient (Wildman–Crippen LogP) is 2.75. The summed E-state index contributed by atoms with van der Waals surface area (Å²) in [5, 5.41) is 15.0. The van der Waals surface area contributed by atoms with Crippen LogP contribution in [-0.2, 0) is 11.3 Å². The first-order valence-corrected chi connectivity index (χ1v) is 8.76. The second-order valence-electron chi connectivity index (χ2n) is 5.14. The monoisotopic (exact) mass is 415 g/mol. The van der Waals surface area contributed by atoms with Crippen LogP contribution in [0.2, 0.25) is 0 Å². The summed E-state index contributed by atoms with van der Waals surface area (Å²) in [4.78, 5) is 13.5. The molecule has 2 aromatic carbocycles. The number of benzene rings is 2. The molecule has 0 aliphatic heterocycles. The van der Waals surface area contributed by atoms with Gasteiger partial charge in [0, 0.05) is 10.0 Å². The second-order valence-corrected chi connectivity index (χ2v) is 6.58. The largest absolute Gasteiger partial charge is 0.322 e. The van der Waals surface area contributed by atoms with Crippen LogP contribution >= 0.6 is 27.7 Å². The smallest absolute Gasteiger partial charge is 0.248 e. The van der Waals surface area contributed by atoms with Gasteiger partial charge < -0.3 is 5.32 Å². The number of aromatic nitrogens is 6. The van der Waals surface area contributed by atoms with Crippen LogP contribution in [0.15, 0.2) is 46.9 Å². The molecule has 0 spiro atoms. The summed E-state index contributed by atoms with van der Waals surface area (Å²) in [6, 6.07) is 13.0.